The summed E-state index contributed by atoms with van der Waals surface area (Å²) in [7, 11) is 0. The zero-order valence-corrected chi connectivity index (χ0v) is 12.4. The van der Waals surface area contributed by atoms with Crippen LogP contribution >= 0.6 is 23.2 Å². The summed E-state index contributed by atoms with van der Waals surface area (Å²) < 4.78 is 0. The standard InChI is InChI=1S/C17H11Cl2NO/c18-15-8-4-7-12(16(15)19)13-9-20-10-14(13)17(21)11-5-2-1-3-6-11/h1-10,20H. The van der Waals surface area contributed by atoms with Crippen LogP contribution in [0.25, 0.3) is 11.1 Å². The van der Waals surface area contributed by atoms with Crippen molar-refractivity contribution in [3.63, 3.8) is 0 Å². The number of carbonyl (C=O) groups excluding carboxylic acids is 1. The summed E-state index contributed by atoms with van der Waals surface area (Å²) in [6.07, 6.45) is 3.44. The first kappa shape index (κ1) is 13.9. The number of carbonyl (C=O) groups is 1. The van der Waals surface area contributed by atoms with Gasteiger partial charge in [0.2, 0.25) is 0 Å². The van der Waals surface area contributed by atoms with E-state index in [4.69, 9.17) is 23.2 Å². The summed E-state index contributed by atoms with van der Waals surface area (Å²) in [5.74, 6) is -0.0529. The van der Waals surface area contributed by atoms with Crippen molar-refractivity contribution in [2.45, 2.75) is 0 Å². The lowest BCUT2D eigenvalue weighted by Crippen LogP contribution is -2.01. The average Bonchev–Trinajstić information content (AvgIpc) is 2.99. The van der Waals surface area contributed by atoms with Gasteiger partial charge < -0.3 is 4.98 Å². The Morgan fingerprint density at radius 2 is 1.62 bits per heavy atom. The fourth-order valence-electron chi connectivity index (χ4n) is 2.23. The maximum absolute atomic E-state index is 12.6. The highest BCUT2D eigenvalue weighted by atomic mass is 35.5. The number of aromatic amines is 1. The van der Waals surface area contributed by atoms with E-state index in [1.54, 1.807) is 30.6 Å². The summed E-state index contributed by atoms with van der Waals surface area (Å²) in [4.78, 5) is 15.6. The van der Waals surface area contributed by atoms with Crippen molar-refractivity contribution in [2.24, 2.45) is 0 Å². The van der Waals surface area contributed by atoms with Crippen LogP contribution in [0.3, 0.4) is 0 Å². The Hall–Kier alpha value is -2.03. The van der Waals surface area contributed by atoms with Crippen molar-refractivity contribution in [1.82, 2.24) is 4.98 Å². The second-order valence-electron chi connectivity index (χ2n) is 4.58. The Balaban J connectivity index is 2.10. The maximum atomic E-state index is 12.6. The molecule has 0 spiro atoms. The van der Waals surface area contributed by atoms with E-state index in [2.05, 4.69) is 4.98 Å². The van der Waals surface area contributed by atoms with E-state index in [1.807, 2.05) is 30.3 Å². The van der Waals surface area contributed by atoms with E-state index in [0.29, 0.717) is 21.2 Å². The third-order valence-corrected chi connectivity index (χ3v) is 4.09. The van der Waals surface area contributed by atoms with Gasteiger partial charge in [-0.2, -0.15) is 0 Å². The number of halogens is 2. The Kier molecular flexibility index (Phi) is 3.82. The van der Waals surface area contributed by atoms with E-state index >= 15 is 0 Å². The minimum absolute atomic E-state index is 0.0529. The van der Waals surface area contributed by atoms with Crippen LogP contribution in [-0.4, -0.2) is 10.8 Å². The molecular formula is C17H11Cl2NO. The number of ketones is 1. The van der Waals surface area contributed by atoms with E-state index in [9.17, 15) is 4.79 Å². The molecule has 0 atom stereocenters. The average molecular weight is 316 g/mol. The molecular weight excluding hydrogens is 305 g/mol. The van der Waals surface area contributed by atoms with Gasteiger partial charge in [0.15, 0.2) is 5.78 Å². The Morgan fingerprint density at radius 1 is 0.857 bits per heavy atom. The van der Waals surface area contributed by atoms with Gasteiger partial charge in [-0.1, -0.05) is 65.7 Å². The SMILES string of the molecule is O=C(c1ccccc1)c1c[nH]cc1-c1cccc(Cl)c1Cl. The molecule has 1 aromatic heterocycles. The van der Waals surface area contributed by atoms with Crippen molar-refractivity contribution in [3.05, 3.63) is 82.1 Å². The summed E-state index contributed by atoms with van der Waals surface area (Å²) in [6, 6.07) is 14.5. The summed E-state index contributed by atoms with van der Waals surface area (Å²) in [5, 5.41) is 0.911. The first-order valence-corrected chi connectivity index (χ1v) is 7.15. The van der Waals surface area contributed by atoms with E-state index in [1.165, 1.54) is 0 Å². The summed E-state index contributed by atoms with van der Waals surface area (Å²) in [5.41, 5.74) is 2.70. The third-order valence-electron chi connectivity index (χ3n) is 3.27. The zero-order valence-electron chi connectivity index (χ0n) is 10.9. The molecule has 0 bridgehead atoms. The van der Waals surface area contributed by atoms with Gasteiger partial charge in [0.05, 0.1) is 10.0 Å². The highest BCUT2D eigenvalue weighted by molar-refractivity contribution is 6.43. The molecule has 0 saturated carbocycles. The highest BCUT2D eigenvalue weighted by Gasteiger charge is 2.18. The van der Waals surface area contributed by atoms with Crippen molar-refractivity contribution in [1.29, 1.82) is 0 Å². The van der Waals surface area contributed by atoms with E-state index in [-0.39, 0.29) is 5.78 Å². The van der Waals surface area contributed by atoms with Gasteiger partial charge in [0.1, 0.15) is 0 Å². The number of rotatable bonds is 3. The number of benzene rings is 2. The fraction of sp³-hybridized carbons (Fsp3) is 0. The van der Waals surface area contributed by atoms with Gasteiger partial charge >= 0.3 is 0 Å². The predicted molar refractivity (Wildman–Crippen MR) is 86.1 cm³/mol. The van der Waals surface area contributed by atoms with Gasteiger partial charge in [0.25, 0.3) is 0 Å². The molecule has 3 aromatic rings. The fourth-order valence-corrected chi connectivity index (χ4v) is 2.63. The van der Waals surface area contributed by atoms with Crippen LogP contribution in [0.1, 0.15) is 15.9 Å². The normalized spacial score (nSPS) is 10.6. The maximum Gasteiger partial charge on any atom is 0.195 e. The molecule has 4 heteroatoms. The Labute approximate surface area is 132 Å². The molecule has 0 aliphatic rings. The molecule has 0 saturated heterocycles. The number of nitrogens with one attached hydrogen (secondary N) is 1. The largest absolute Gasteiger partial charge is 0.366 e. The second-order valence-corrected chi connectivity index (χ2v) is 5.36. The monoisotopic (exact) mass is 315 g/mol. The van der Waals surface area contributed by atoms with Gasteiger partial charge in [-0.15, -0.1) is 0 Å². The third kappa shape index (κ3) is 2.60. The minimum Gasteiger partial charge on any atom is -0.366 e. The number of hydrogen-bond acceptors (Lipinski definition) is 1. The zero-order chi connectivity index (χ0) is 14.8. The molecule has 104 valence electrons. The smallest absolute Gasteiger partial charge is 0.195 e. The molecule has 2 nitrogen and oxygen atoms in total. The second kappa shape index (κ2) is 5.76. The van der Waals surface area contributed by atoms with Crippen LogP contribution in [0.5, 0.6) is 0 Å². The van der Waals surface area contributed by atoms with E-state index in [0.717, 1.165) is 11.1 Å². The van der Waals surface area contributed by atoms with Crippen LogP contribution in [0.2, 0.25) is 10.0 Å². The summed E-state index contributed by atoms with van der Waals surface area (Å²) >= 11 is 12.3. The topological polar surface area (TPSA) is 32.9 Å². The van der Waals surface area contributed by atoms with E-state index < -0.39 is 0 Å². The minimum atomic E-state index is -0.0529. The van der Waals surface area contributed by atoms with Gasteiger partial charge in [-0.05, 0) is 6.07 Å². The van der Waals surface area contributed by atoms with Crippen molar-refractivity contribution >= 4 is 29.0 Å². The van der Waals surface area contributed by atoms with Crippen molar-refractivity contribution in [2.75, 3.05) is 0 Å². The molecule has 3 rings (SSSR count). The van der Waals surface area contributed by atoms with Gasteiger partial charge in [-0.3, -0.25) is 4.79 Å². The number of hydrogen-bond donors (Lipinski definition) is 1. The molecule has 0 fully saturated rings. The molecule has 1 heterocycles. The molecule has 0 aliphatic heterocycles. The molecule has 0 amide bonds. The lowest BCUT2D eigenvalue weighted by Gasteiger charge is -2.07. The van der Waals surface area contributed by atoms with Crippen molar-refractivity contribution in [3.8, 4) is 11.1 Å². The van der Waals surface area contributed by atoms with Crippen molar-refractivity contribution < 1.29 is 4.79 Å². The first-order chi connectivity index (χ1) is 10.2. The lowest BCUT2D eigenvalue weighted by atomic mass is 9.98. The molecule has 1 N–H and O–H groups in total. The number of aromatic nitrogens is 1. The number of H-pyrrole nitrogens is 1. The Morgan fingerprint density at radius 3 is 2.38 bits per heavy atom. The van der Waals surface area contributed by atoms with Gasteiger partial charge in [-0.25, -0.2) is 0 Å². The first-order valence-electron chi connectivity index (χ1n) is 6.39. The molecule has 0 radical (unpaired) electrons. The van der Waals surface area contributed by atoms with Crippen LogP contribution in [-0.2, 0) is 0 Å². The lowest BCUT2D eigenvalue weighted by molar-refractivity contribution is 0.103. The van der Waals surface area contributed by atoms with Crippen LogP contribution in [0.4, 0.5) is 0 Å². The highest BCUT2D eigenvalue weighted by Crippen LogP contribution is 2.35. The van der Waals surface area contributed by atoms with Gasteiger partial charge in [0, 0.05) is 34.6 Å². The quantitative estimate of drug-likeness (QED) is 0.660. The predicted octanol–water partition coefficient (Wildman–Crippen LogP) is 5.22. The van der Waals surface area contributed by atoms with Crippen LogP contribution < -0.4 is 0 Å². The molecule has 21 heavy (non-hydrogen) atoms. The molecule has 2 aromatic carbocycles. The van der Waals surface area contributed by atoms with Crippen LogP contribution in [0, 0.1) is 0 Å². The molecule has 0 unspecified atom stereocenters. The Bertz CT molecular complexity index is 794. The van der Waals surface area contributed by atoms with Crippen LogP contribution in [0.15, 0.2) is 60.9 Å². The molecule has 0 aliphatic carbocycles. The summed E-state index contributed by atoms with van der Waals surface area (Å²) in [6.45, 7) is 0.